The molecule has 1 atom stereocenters. The highest BCUT2D eigenvalue weighted by atomic mass is 35.5. The van der Waals surface area contributed by atoms with E-state index in [1.165, 1.54) is 7.11 Å². The number of aromatic nitrogens is 1. The van der Waals surface area contributed by atoms with Gasteiger partial charge in [-0.1, -0.05) is 36.7 Å². The smallest absolute Gasteiger partial charge is 0.339 e. The zero-order valence-electron chi connectivity index (χ0n) is 17.4. The number of anilines is 1. The van der Waals surface area contributed by atoms with E-state index in [1.807, 2.05) is 24.3 Å². The molecular weight excluding hydrogens is 416 g/mol. The van der Waals surface area contributed by atoms with Crippen LogP contribution in [-0.4, -0.2) is 30.6 Å². The number of pyridine rings is 1. The molecule has 3 aromatic rings. The summed E-state index contributed by atoms with van der Waals surface area (Å²) < 4.78 is 10.7. The third-order valence-corrected chi connectivity index (χ3v) is 5.71. The highest BCUT2D eigenvalue weighted by molar-refractivity contribution is 6.31. The van der Waals surface area contributed by atoms with Gasteiger partial charge in [-0.3, -0.25) is 9.78 Å². The minimum Gasteiger partial charge on any atom is -0.495 e. The van der Waals surface area contributed by atoms with E-state index in [4.69, 9.17) is 26.1 Å². The van der Waals surface area contributed by atoms with E-state index in [2.05, 4.69) is 12.2 Å². The summed E-state index contributed by atoms with van der Waals surface area (Å²) in [5, 5.41) is 3.88. The number of esters is 1. The van der Waals surface area contributed by atoms with E-state index in [9.17, 15) is 9.59 Å². The van der Waals surface area contributed by atoms with E-state index in [-0.39, 0.29) is 0 Å². The molecule has 0 saturated heterocycles. The van der Waals surface area contributed by atoms with Gasteiger partial charge in [0.25, 0.3) is 5.91 Å². The lowest BCUT2D eigenvalue weighted by molar-refractivity contribution is -0.119. The number of fused-ring (bicyclic) bond motifs is 2. The third-order valence-electron chi connectivity index (χ3n) is 5.48. The van der Waals surface area contributed by atoms with Crippen molar-refractivity contribution in [3.05, 3.63) is 64.3 Å². The number of aryl methyl sites for hydroxylation is 1. The fourth-order valence-corrected chi connectivity index (χ4v) is 4.14. The second-order valence-corrected chi connectivity index (χ2v) is 8.18. The molecule has 0 fully saturated rings. The largest absolute Gasteiger partial charge is 0.495 e. The fourth-order valence-electron chi connectivity index (χ4n) is 3.96. The van der Waals surface area contributed by atoms with Crippen molar-refractivity contribution in [2.75, 3.05) is 19.0 Å². The van der Waals surface area contributed by atoms with E-state index >= 15 is 0 Å². The van der Waals surface area contributed by atoms with Gasteiger partial charge in [-0.2, -0.15) is 0 Å². The molecule has 0 spiro atoms. The number of carbonyl (C=O) groups excluding carboxylic acids is 2. The van der Waals surface area contributed by atoms with E-state index in [0.717, 1.165) is 41.4 Å². The molecule has 1 aromatic heterocycles. The van der Waals surface area contributed by atoms with Gasteiger partial charge in [0.15, 0.2) is 6.61 Å². The lowest BCUT2D eigenvalue weighted by Gasteiger charge is -2.24. The molecule has 1 amide bonds. The monoisotopic (exact) mass is 438 g/mol. The summed E-state index contributed by atoms with van der Waals surface area (Å²) in [6.07, 6.45) is 2.64. The van der Waals surface area contributed by atoms with E-state index in [1.54, 1.807) is 18.2 Å². The van der Waals surface area contributed by atoms with E-state index in [0.29, 0.717) is 27.9 Å². The van der Waals surface area contributed by atoms with Crippen LogP contribution >= 0.6 is 11.6 Å². The number of halogens is 1. The maximum Gasteiger partial charge on any atom is 0.339 e. The lowest BCUT2D eigenvalue weighted by Crippen LogP contribution is -2.23. The van der Waals surface area contributed by atoms with Crippen LogP contribution in [0, 0.1) is 5.92 Å². The fraction of sp³-hybridized carbons (Fsp3) is 0.292. The summed E-state index contributed by atoms with van der Waals surface area (Å²) in [7, 11) is 1.50. The molecule has 2 aromatic carbocycles. The highest BCUT2D eigenvalue weighted by Crippen LogP contribution is 2.32. The summed E-state index contributed by atoms with van der Waals surface area (Å²) in [5.74, 6) is -0.0699. The molecule has 0 radical (unpaired) electrons. The van der Waals surface area contributed by atoms with Crippen molar-refractivity contribution in [3.63, 3.8) is 0 Å². The number of carbonyl (C=O) groups is 2. The lowest BCUT2D eigenvalue weighted by atomic mass is 9.84. The molecule has 6 nitrogen and oxygen atoms in total. The van der Waals surface area contributed by atoms with Crippen LogP contribution in [0.25, 0.3) is 10.9 Å². The van der Waals surface area contributed by atoms with Crippen LogP contribution in [0.15, 0.2) is 42.5 Å². The zero-order chi connectivity index (χ0) is 22.0. The van der Waals surface area contributed by atoms with Gasteiger partial charge in [0, 0.05) is 16.1 Å². The Labute approximate surface area is 185 Å². The van der Waals surface area contributed by atoms with Crippen molar-refractivity contribution >= 4 is 40.1 Å². The molecule has 1 aliphatic carbocycles. The minimum absolute atomic E-state index is 0.414. The predicted molar refractivity (Wildman–Crippen MR) is 120 cm³/mol. The van der Waals surface area contributed by atoms with Gasteiger partial charge < -0.3 is 14.8 Å². The Morgan fingerprint density at radius 2 is 2.03 bits per heavy atom. The average molecular weight is 439 g/mol. The average Bonchev–Trinajstić information content (AvgIpc) is 2.76. The standard InChI is InChI=1S/C24H23ClN2O4/c1-14-7-9-19-17(11-14)23(16-5-3-4-6-18(16)26-19)24(29)31-13-22(28)27-20-12-15(25)8-10-21(20)30-2/h3-6,8,10,12,14H,7,9,11,13H2,1-2H3,(H,27,28). The summed E-state index contributed by atoms with van der Waals surface area (Å²) in [6.45, 7) is 1.74. The third kappa shape index (κ3) is 4.49. The zero-order valence-corrected chi connectivity index (χ0v) is 18.2. The van der Waals surface area contributed by atoms with Crippen molar-refractivity contribution < 1.29 is 19.1 Å². The van der Waals surface area contributed by atoms with Crippen LogP contribution in [0.1, 0.15) is 35.0 Å². The first-order valence-corrected chi connectivity index (χ1v) is 10.5. The number of nitrogens with one attached hydrogen (secondary N) is 1. The van der Waals surface area contributed by atoms with Crippen LogP contribution in [0.3, 0.4) is 0 Å². The molecular formula is C24H23ClN2O4. The molecule has 1 aliphatic rings. The topological polar surface area (TPSA) is 77.5 Å². The molecule has 4 rings (SSSR count). The SMILES string of the molecule is COc1ccc(Cl)cc1NC(=O)COC(=O)c1c2c(nc3ccccc13)CCC(C)C2. The van der Waals surface area contributed by atoms with Crippen molar-refractivity contribution in [2.24, 2.45) is 5.92 Å². The predicted octanol–water partition coefficient (Wildman–Crippen LogP) is 4.82. The molecule has 160 valence electrons. The Hall–Kier alpha value is -3.12. The molecule has 1 heterocycles. The van der Waals surface area contributed by atoms with Gasteiger partial charge in [0.2, 0.25) is 0 Å². The van der Waals surface area contributed by atoms with Gasteiger partial charge in [-0.25, -0.2) is 4.79 Å². The van der Waals surface area contributed by atoms with Crippen molar-refractivity contribution in [1.82, 2.24) is 4.98 Å². The minimum atomic E-state index is -0.517. The van der Waals surface area contributed by atoms with Crippen LogP contribution in [0.5, 0.6) is 5.75 Å². The molecule has 1 unspecified atom stereocenters. The van der Waals surface area contributed by atoms with Gasteiger partial charge >= 0.3 is 5.97 Å². The number of para-hydroxylation sites is 1. The maximum absolute atomic E-state index is 13.1. The second-order valence-electron chi connectivity index (χ2n) is 7.75. The van der Waals surface area contributed by atoms with Crippen LogP contribution in [0.2, 0.25) is 5.02 Å². The van der Waals surface area contributed by atoms with Gasteiger partial charge in [-0.05, 0) is 55.0 Å². The molecule has 1 N–H and O–H groups in total. The second kappa shape index (κ2) is 8.94. The summed E-state index contributed by atoms with van der Waals surface area (Å²) in [4.78, 5) is 30.3. The Balaban J connectivity index is 1.56. The first-order valence-electron chi connectivity index (χ1n) is 10.2. The molecule has 7 heteroatoms. The van der Waals surface area contributed by atoms with Gasteiger partial charge in [0.1, 0.15) is 5.75 Å². The number of rotatable bonds is 5. The molecule has 0 aliphatic heterocycles. The number of nitrogens with zero attached hydrogens (tertiary/aromatic N) is 1. The molecule has 0 bridgehead atoms. The quantitative estimate of drug-likeness (QED) is 0.578. The van der Waals surface area contributed by atoms with Crippen LogP contribution < -0.4 is 10.1 Å². The number of methoxy groups -OCH3 is 1. The van der Waals surface area contributed by atoms with E-state index < -0.39 is 18.5 Å². The first kappa shape index (κ1) is 21.1. The maximum atomic E-state index is 13.1. The summed E-state index contributed by atoms with van der Waals surface area (Å²) in [5.41, 5.74) is 3.56. The molecule has 0 saturated carbocycles. The summed E-state index contributed by atoms with van der Waals surface area (Å²) in [6, 6.07) is 12.4. The Morgan fingerprint density at radius 1 is 1.23 bits per heavy atom. The number of ether oxygens (including phenoxy) is 2. The van der Waals surface area contributed by atoms with Crippen LogP contribution in [-0.2, 0) is 22.4 Å². The normalized spacial score (nSPS) is 15.3. The van der Waals surface area contributed by atoms with Crippen molar-refractivity contribution in [2.45, 2.75) is 26.2 Å². The molecule has 31 heavy (non-hydrogen) atoms. The van der Waals surface area contributed by atoms with Crippen molar-refractivity contribution in [3.8, 4) is 5.75 Å². The Morgan fingerprint density at radius 3 is 2.84 bits per heavy atom. The first-order chi connectivity index (χ1) is 15.0. The number of hydrogen-bond acceptors (Lipinski definition) is 5. The number of amides is 1. The Kier molecular flexibility index (Phi) is 6.09. The van der Waals surface area contributed by atoms with Gasteiger partial charge in [-0.15, -0.1) is 0 Å². The summed E-state index contributed by atoms with van der Waals surface area (Å²) >= 11 is 6.00. The van der Waals surface area contributed by atoms with Crippen LogP contribution in [0.4, 0.5) is 5.69 Å². The Bertz CT molecular complexity index is 1160. The van der Waals surface area contributed by atoms with Crippen molar-refractivity contribution in [1.29, 1.82) is 0 Å². The number of hydrogen-bond donors (Lipinski definition) is 1. The highest BCUT2D eigenvalue weighted by Gasteiger charge is 2.26. The number of benzene rings is 2. The van der Waals surface area contributed by atoms with Gasteiger partial charge in [0.05, 0.1) is 23.9 Å².